The minimum Gasteiger partial charge on any atom is -0.461 e. The minimum absolute atomic E-state index is 0.000716. The standard InChI is InChI=1S/C13H19NO.C9H16O2.CH4O/c1-10(9-15)13-6-4-12(5-7-13)8-11(2)14-3;1-5-6-7-11-8(10)9(2,3)4;1-2/h4-7,9-11,14H,8H2,1-3H3;5-6H,7H2,1-4H3;2H,1H3/b;6-5-;. The molecule has 1 aromatic rings. The molecule has 1 rings (SSSR count). The van der Waals surface area contributed by atoms with Crippen LogP contribution >= 0.6 is 0 Å². The number of benzene rings is 1. The summed E-state index contributed by atoms with van der Waals surface area (Å²) < 4.78 is 4.92. The van der Waals surface area contributed by atoms with Gasteiger partial charge in [0.25, 0.3) is 0 Å². The Bertz CT molecular complexity index is 559. The van der Waals surface area contributed by atoms with E-state index < -0.39 is 0 Å². The van der Waals surface area contributed by atoms with E-state index in [2.05, 4.69) is 24.4 Å². The van der Waals surface area contributed by atoms with Gasteiger partial charge in [0.1, 0.15) is 12.9 Å². The number of ether oxygens (including phenoxy) is 1. The van der Waals surface area contributed by atoms with Crippen molar-refractivity contribution in [3.8, 4) is 0 Å². The molecule has 0 heterocycles. The molecule has 0 aliphatic rings. The van der Waals surface area contributed by atoms with Crippen LogP contribution in [0.3, 0.4) is 0 Å². The Hall–Kier alpha value is -1.98. The third-order valence-corrected chi connectivity index (χ3v) is 3.90. The first-order valence-corrected chi connectivity index (χ1v) is 9.60. The molecule has 2 unspecified atom stereocenters. The molecule has 28 heavy (non-hydrogen) atoms. The quantitative estimate of drug-likeness (QED) is 0.417. The number of likely N-dealkylation sites (N-methyl/N-ethyl adjacent to an activating group) is 1. The van der Waals surface area contributed by atoms with E-state index in [0.717, 1.165) is 25.4 Å². The fraction of sp³-hybridized carbons (Fsp3) is 0.565. The molecule has 0 saturated carbocycles. The average molecular weight is 394 g/mol. The molecule has 0 bridgehead atoms. The van der Waals surface area contributed by atoms with Crippen molar-refractivity contribution in [1.29, 1.82) is 0 Å². The van der Waals surface area contributed by atoms with Gasteiger partial charge in [0.05, 0.1) is 5.41 Å². The first kappa shape index (κ1) is 28.2. The summed E-state index contributed by atoms with van der Waals surface area (Å²) in [5.74, 6) is -0.156. The Kier molecular flexibility index (Phi) is 16.2. The molecular formula is C23H39NO4. The van der Waals surface area contributed by atoms with E-state index in [4.69, 9.17) is 9.84 Å². The van der Waals surface area contributed by atoms with Crippen LogP contribution in [0.2, 0.25) is 0 Å². The van der Waals surface area contributed by atoms with Crippen LogP contribution in [0, 0.1) is 5.41 Å². The number of carbonyl (C=O) groups excluding carboxylic acids is 2. The second kappa shape index (κ2) is 16.0. The zero-order valence-electron chi connectivity index (χ0n) is 18.8. The zero-order chi connectivity index (χ0) is 22.2. The Balaban J connectivity index is 0. The molecule has 0 saturated heterocycles. The number of esters is 1. The van der Waals surface area contributed by atoms with Gasteiger partial charge < -0.3 is 20.0 Å². The van der Waals surface area contributed by atoms with Crippen molar-refractivity contribution in [2.24, 2.45) is 5.41 Å². The maximum absolute atomic E-state index is 11.1. The summed E-state index contributed by atoms with van der Waals surface area (Å²) in [4.78, 5) is 21.7. The fourth-order valence-electron chi connectivity index (χ4n) is 1.93. The summed E-state index contributed by atoms with van der Waals surface area (Å²) in [6.07, 6.45) is 5.66. The van der Waals surface area contributed by atoms with Gasteiger partial charge >= 0.3 is 5.97 Å². The summed E-state index contributed by atoms with van der Waals surface area (Å²) in [6, 6.07) is 8.76. The molecule has 0 amide bonds. The van der Waals surface area contributed by atoms with E-state index in [1.54, 1.807) is 0 Å². The Morgan fingerprint density at radius 3 is 2.11 bits per heavy atom. The van der Waals surface area contributed by atoms with Gasteiger partial charge in [-0.15, -0.1) is 0 Å². The Labute approximate surface area is 171 Å². The average Bonchev–Trinajstić information content (AvgIpc) is 2.69. The predicted molar refractivity (Wildman–Crippen MR) is 117 cm³/mol. The molecule has 0 fully saturated rings. The third kappa shape index (κ3) is 13.2. The molecule has 1 aromatic carbocycles. The van der Waals surface area contributed by atoms with Crippen LogP contribution < -0.4 is 5.32 Å². The summed E-state index contributed by atoms with van der Waals surface area (Å²) in [6.45, 7) is 11.9. The van der Waals surface area contributed by atoms with Crippen LogP contribution in [0.25, 0.3) is 0 Å². The highest BCUT2D eigenvalue weighted by Crippen LogP contribution is 2.15. The third-order valence-electron chi connectivity index (χ3n) is 3.90. The molecular weight excluding hydrogens is 354 g/mol. The first-order valence-electron chi connectivity index (χ1n) is 9.60. The lowest BCUT2D eigenvalue weighted by molar-refractivity contribution is -0.151. The Morgan fingerprint density at radius 1 is 1.18 bits per heavy atom. The highest BCUT2D eigenvalue weighted by atomic mass is 16.5. The van der Waals surface area contributed by atoms with Crippen molar-refractivity contribution in [3.63, 3.8) is 0 Å². The van der Waals surface area contributed by atoms with Crippen molar-refractivity contribution in [3.05, 3.63) is 47.5 Å². The van der Waals surface area contributed by atoms with Gasteiger partial charge in [-0.2, -0.15) is 0 Å². The van der Waals surface area contributed by atoms with E-state index >= 15 is 0 Å². The van der Waals surface area contributed by atoms with Gasteiger partial charge in [-0.3, -0.25) is 4.79 Å². The fourth-order valence-corrected chi connectivity index (χ4v) is 1.93. The van der Waals surface area contributed by atoms with Crippen LogP contribution in [0.15, 0.2) is 36.4 Å². The second-order valence-electron chi connectivity index (χ2n) is 7.48. The predicted octanol–water partition coefficient (Wildman–Crippen LogP) is 3.90. The number of aliphatic hydroxyl groups excluding tert-OH is 1. The monoisotopic (exact) mass is 393 g/mol. The molecule has 0 radical (unpaired) electrons. The smallest absolute Gasteiger partial charge is 0.311 e. The maximum atomic E-state index is 11.1. The van der Waals surface area contributed by atoms with Crippen molar-refractivity contribution in [2.45, 2.75) is 59.9 Å². The van der Waals surface area contributed by atoms with Gasteiger partial charge in [0.2, 0.25) is 0 Å². The van der Waals surface area contributed by atoms with Gasteiger partial charge in [-0.05, 0) is 59.2 Å². The van der Waals surface area contributed by atoms with Crippen molar-refractivity contribution >= 4 is 12.3 Å². The number of allylic oxidation sites excluding steroid dienone is 1. The molecule has 2 N–H and O–H groups in total. The SMILES string of the molecule is C/C=C\COC(=O)C(C)(C)C.CNC(C)Cc1ccc(C(C)C=O)cc1.CO. The van der Waals surface area contributed by atoms with Crippen LogP contribution in [0.5, 0.6) is 0 Å². The number of hydrogen-bond acceptors (Lipinski definition) is 5. The van der Waals surface area contributed by atoms with Gasteiger partial charge in [0, 0.05) is 19.1 Å². The number of carbonyl (C=O) groups is 2. The molecule has 5 nitrogen and oxygen atoms in total. The molecule has 2 atom stereocenters. The summed E-state index contributed by atoms with van der Waals surface area (Å²) in [7, 11) is 2.97. The molecule has 0 aromatic heterocycles. The van der Waals surface area contributed by atoms with Gasteiger partial charge in [-0.25, -0.2) is 0 Å². The van der Waals surface area contributed by atoms with E-state index in [1.165, 1.54) is 5.56 Å². The van der Waals surface area contributed by atoms with Crippen molar-refractivity contribution in [1.82, 2.24) is 5.32 Å². The highest BCUT2D eigenvalue weighted by molar-refractivity contribution is 5.75. The van der Waals surface area contributed by atoms with Gasteiger partial charge in [-0.1, -0.05) is 43.3 Å². The van der Waals surface area contributed by atoms with Gasteiger partial charge in [0.15, 0.2) is 0 Å². The lowest BCUT2D eigenvalue weighted by atomic mass is 9.97. The van der Waals surface area contributed by atoms with Crippen LogP contribution in [0.1, 0.15) is 58.6 Å². The van der Waals surface area contributed by atoms with E-state index in [9.17, 15) is 9.59 Å². The number of aldehydes is 1. The summed E-state index contributed by atoms with van der Waals surface area (Å²) in [5, 5.41) is 10.2. The molecule has 0 spiro atoms. The van der Waals surface area contributed by atoms with Crippen LogP contribution in [-0.2, 0) is 20.7 Å². The molecule has 5 heteroatoms. The number of hydrogen-bond donors (Lipinski definition) is 2. The van der Waals surface area contributed by atoms with Crippen molar-refractivity contribution in [2.75, 3.05) is 20.8 Å². The van der Waals surface area contributed by atoms with Crippen molar-refractivity contribution < 1.29 is 19.4 Å². The molecule has 160 valence electrons. The Morgan fingerprint density at radius 2 is 1.71 bits per heavy atom. The second-order valence-corrected chi connectivity index (χ2v) is 7.48. The van der Waals surface area contributed by atoms with Crippen LogP contribution in [0.4, 0.5) is 0 Å². The maximum Gasteiger partial charge on any atom is 0.311 e. The van der Waals surface area contributed by atoms with Crippen LogP contribution in [-0.4, -0.2) is 44.2 Å². The highest BCUT2D eigenvalue weighted by Gasteiger charge is 2.22. The number of nitrogens with one attached hydrogen (secondary N) is 1. The number of aliphatic hydroxyl groups is 1. The van der Waals surface area contributed by atoms with E-state index in [-0.39, 0.29) is 17.3 Å². The summed E-state index contributed by atoms with van der Waals surface area (Å²) in [5.41, 5.74) is 2.01. The lowest BCUT2D eigenvalue weighted by Crippen LogP contribution is -2.23. The topological polar surface area (TPSA) is 75.6 Å². The number of rotatable bonds is 7. The molecule has 0 aliphatic carbocycles. The zero-order valence-corrected chi connectivity index (χ0v) is 18.8. The normalized spacial score (nSPS) is 12.8. The summed E-state index contributed by atoms with van der Waals surface area (Å²) >= 11 is 0. The minimum atomic E-state index is -0.387. The van der Waals surface area contributed by atoms with E-state index in [1.807, 2.05) is 66.0 Å². The molecule has 0 aliphatic heterocycles. The largest absolute Gasteiger partial charge is 0.461 e. The first-order chi connectivity index (χ1) is 13.1. The van der Waals surface area contributed by atoms with E-state index in [0.29, 0.717) is 12.6 Å². The lowest BCUT2D eigenvalue weighted by Gasteiger charge is -2.15.